The molecule has 0 amide bonds. The van der Waals surface area contributed by atoms with Gasteiger partial charge in [-0.2, -0.15) is 0 Å². The Kier molecular flexibility index (Phi) is 55.9. The van der Waals surface area contributed by atoms with Crippen LogP contribution in [0.3, 0.4) is 0 Å². The van der Waals surface area contributed by atoms with Crippen molar-refractivity contribution in [1.82, 2.24) is 0 Å². The van der Waals surface area contributed by atoms with Gasteiger partial charge in [-0.05, 0) is 6.16 Å². The zero-order valence-electron chi connectivity index (χ0n) is 5.97. The van der Waals surface area contributed by atoms with Crippen molar-refractivity contribution in [3.05, 3.63) is 0 Å². The third kappa shape index (κ3) is 280. The molecule has 0 atom stereocenters. The third-order valence-corrected chi connectivity index (χ3v) is 0.0713. The molecule has 0 aromatic heterocycles. The molecule has 0 aliphatic rings. The quantitative estimate of drug-likeness (QED) is 0.224. The molecule has 3 N–H and O–H groups in total. The zero-order valence-corrected chi connectivity index (χ0v) is 7.13. The van der Waals surface area contributed by atoms with E-state index >= 15 is 0 Å². The summed E-state index contributed by atoms with van der Waals surface area (Å²) in [6.45, 7) is 0. The predicted octanol–water partition coefficient (Wildman–Crippen LogP) is -7.69. The summed E-state index contributed by atoms with van der Waals surface area (Å²) >= 11 is 0. The van der Waals surface area contributed by atoms with E-state index < -0.39 is 12.3 Å². The van der Waals surface area contributed by atoms with Gasteiger partial charge in [-0.1, -0.05) is 0 Å². The number of rotatable bonds is 0. The van der Waals surface area contributed by atoms with Gasteiger partial charge in [0.1, 0.15) is 0 Å². The summed E-state index contributed by atoms with van der Waals surface area (Å²) in [5.41, 5.74) is 0. The van der Waals surface area contributed by atoms with Crippen molar-refractivity contribution in [2.75, 3.05) is 0 Å². The van der Waals surface area contributed by atoms with Crippen LogP contribution < -0.4 is 34.3 Å². The largest absolute Gasteiger partial charge is 3.00 e. The number of hydrogen-bond donors (Lipinski definition) is 1. The van der Waals surface area contributed by atoms with E-state index in [1.165, 1.54) is 0 Å². The van der Waals surface area contributed by atoms with Gasteiger partial charge in [-0.15, -0.1) is 0 Å². The molecule has 12 heavy (non-hydrogen) atoms. The number of carboxylic acid groups (broad SMARTS) is 3. The van der Waals surface area contributed by atoms with E-state index in [2.05, 4.69) is 4.89 Å². The van der Waals surface area contributed by atoms with Gasteiger partial charge in [0.15, 0.2) is 0 Å². The van der Waals surface area contributed by atoms with Crippen molar-refractivity contribution in [3.63, 3.8) is 0 Å². The van der Waals surface area contributed by atoms with Crippen LogP contribution in [0.4, 0.5) is 9.59 Å². The molecule has 0 radical (unpaired) electrons. The van der Waals surface area contributed by atoms with Crippen LogP contribution in [-0.2, 0) is 4.89 Å². The molecule has 62 valence electrons. The fraction of sp³-hybridized carbons (Fsp3) is 0. The second kappa shape index (κ2) is 22.4. The molecular formula is C2H3AlLiO8+. The Labute approximate surface area is 89.3 Å². The molecule has 0 unspecified atom stereocenters. The van der Waals surface area contributed by atoms with Gasteiger partial charge in [0.2, 0.25) is 0 Å². The van der Waals surface area contributed by atoms with Crippen molar-refractivity contribution in [2.24, 2.45) is 0 Å². The molecular weight excluding hydrogens is 186 g/mol. The minimum atomic E-state index is -2.33. The van der Waals surface area contributed by atoms with Crippen LogP contribution in [-0.4, -0.2) is 40.3 Å². The maximum Gasteiger partial charge on any atom is 3.00 e. The molecule has 10 heteroatoms. The SMILES string of the molecule is O.O=C(O)O[O-].O=C([O-])[O-].[Al+3].[Li+]. The first kappa shape index (κ1) is 29.9. The van der Waals surface area contributed by atoms with Gasteiger partial charge in [-0.25, -0.2) is 4.79 Å². The average molecular weight is 189 g/mol. The molecule has 0 fully saturated rings. The van der Waals surface area contributed by atoms with Crippen molar-refractivity contribution in [1.29, 1.82) is 0 Å². The van der Waals surface area contributed by atoms with Gasteiger partial charge < -0.3 is 35.7 Å². The molecule has 0 aliphatic heterocycles. The van der Waals surface area contributed by atoms with Gasteiger partial charge in [0, 0.05) is 0 Å². The van der Waals surface area contributed by atoms with Crippen LogP contribution in [0.2, 0.25) is 0 Å². The van der Waals surface area contributed by atoms with Crippen LogP contribution >= 0.6 is 0 Å². The number of carbonyl (C=O) groups is 2. The van der Waals surface area contributed by atoms with E-state index in [4.69, 9.17) is 30.2 Å². The molecule has 0 aromatic carbocycles. The predicted molar refractivity (Wildman–Crippen MR) is 23.9 cm³/mol. The summed E-state index contributed by atoms with van der Waals surface area (Å²) < 4.78 is 0. The first-order valence-electron chi connectivity index (χ1n) is 1.41. The number of hydrogen-bond acceptors (Lipinski definition) is 6. The monoisotopic (exact) mass is 189 g/mol. The maximum atomic E-state index is 8.83. The van der Waals surface area contributed by atoms with Gasteiger partial charge in [0.05, 0.1) is 0 Å². The summed E-state index contributed by atoms with van der Waals surface area (Å²) in [5.74, 6) is 0. The van der Waals surface area contributed by atoms with Crippen LogP contribution in [0.5, 0.6) is 0 Å². The van der Waals surface area contributed by atoms with Crippen LogP contribution in [0, 0.1) is 0 Å². The molecule has 0 bridgehead atoms. The Balaban J connectivity index is -0.0000000221. The van der Waals surface area contributed by atoms with E-state index in [1.807, 2.05) is 0 Å². The van der Waals surface area contributed by atoms with E-state index in [0.29, 0.717) is 0 Å². The Morgan fingerprint density at radius 2 is 1.33 bits per heavy atom. The molecule has 0 spiro atoms. The Morgan fingerprint density at radius 3 is 1.33 bits per heavy atom. The normalized spacial score (nSPS) is 4.75. The Hall–Kier alpha value is -0.410. The Morgan fingerprint density at radius 1 is 1.25 bits per heavy atom. The minimum absolute atomic E-state index is 0. The van der Waals surface area contributed by atoms with Gasteiger partial charge in [-0.3, -0.25) is 0 Å². The van der Waals surface area contributed by atoms with E-state index in [9.17, 15) is 0 Å². The summed E-state index contributed by atoms with van der Waals surface area (Å²) in [4.78, 5) is 19.6. The molecule has 0 heterocycles. The van der Waals surface area contributed by atoms with E-state index in [1.54, 1.807) is 0 Å². The van der Waals surface area contributed by atoms with Crippen molar-refractivity contribution in [2.45, 2.75) is 0 Å². The molecule has 8 nitrogen and oxygen atoms in total. The minimum Gasteiger partial charge on any atom is -0.659 e. The smallest absolute Gasteiger partial charge is 0.659 e. The van der Waals surface area contributed by atoms with E-state index in [-0.39, 0.29) is 41.7 Å². The van der Waals surface area contributed by atoms with Crippen LogP contribution in [0.1, 0.15) is 0 Å². The fourth-order valence-electron chi connectivity index (χ4n) is 0. The van der Waals surface area contributed by atoms with Gasteiger partial charge in [0.25, 0.3) is 0 Å². The van der Waals surface area contributed by atoms with Gasteiger partial charge >= 0.3 is 42.4 Å². The Bertz CT molecular complexity index is 101. The topological polar surface area (TPSA) is 164 Å². The summed E-state index contributed by atoms with van der Waals surface area (Å²) in [6, 6.07) is 0. The first-order chi connectivity index (χ1) is 4.00. The average Bonchev–Trinajstić information content (AvgIpc) is 1.65. The third-order valence-electron chi connectivity index (χ3n) is 0.0713. The second-order valence-corrected chi connectivity index (χ2v) is 0.599. The van der Waals surface area contributed by atoms with Crippen molar-refractivity contribution < 1.29 is 59.4 Å². The summed E-state index contributed by atoms with van der Waals surface area (Å²) in [5, 5.41) is 32.4. The molecule has 0 aliphatic carbocycles. The second-order valence-electron chi connectivity index (χ2n) is 0.599. The zero-order chi connectivity index (χ0) is 7.86. The van der Waals surface area contributed by atoms with Crippen LogP contribution in [0.15, 0.2) is 0 Å². The number of carbonyl (C=O) groups excluding carboxylic acids is 1. The van der Waals surface area contributed by atoms with Crippen LogP contribution in [0.25, 0.3) is 0 Å². The first-order valence-corrected chi connectivity index (χ1v) is 1.41. The maximum absolute atomic E-state index is 8.83. The molecule has 0 aromatic rings. The fourth-order valence-corrected chi connectivity index (χ4v) is 0. The van der Waals surface area contributed by atoms with Crippen molar-refractivity contribution in [3.8, 4) is 0 Å². The standard InChI is InChI=1S/CH2O4.CH2O3.Al.Li.H2O/c2-1(3)5-4;2-1(3)4;;;/h4H,(H,2,3);(H2,2,3,4);;;1H2/q;;+3;+1;/p-3. The molecule has 0 saturated heterocycles. The molecule has 0 saturated carbocycles. The van der Waals surface area contributed by atoms with Crippen molar-refractivity contribution >= 4 is 29.7 Å². The molecule has 0 rings (SSSR count). The van der Waals surface area contributed by atoms with E-state index in [0.717, 1.165) is 0 Å². The summed E-state index contributed by atoms with van der Waals surface area (Å²) in [6.07, 6.45) is -4.13. The summed E-state index contributed by atoms with van der Waals surface area (Å²) in [7, 11) is 0.